The molecule has 0 aromatic carbocycles. The monoisotopic (exact) mass is 332 g/mol. The van der Waals surface area contributed by atoms with Crippen LogP contribution in [0.4, 0.5) is 0 Å². The molecule has 0 aromatic heterocycles. The van der Waals surface area contributed by atoms with Crippen molar-refractivity contribution in [1.82, 2.24) is 0 Å². The van der Waals surface area contributed by atoms with Crippen molar-refractivity contribution in [2.24, 2.45) is 40.4 Å². The summed E-state index contributed by atoms with van der Waals surface area (Å²) in [5.74, 6) is 2.18. The lowest BCUT2D eigenvalue weighted by atomic mass is 9.43. The Morgan fingerprint density at radius 1 is 1.00 bits per heavy atom. The minimum absolute atomic E-state index is 0.00117. The standard InChI is InChI=1S/C21H32O3/c1-13-15-5-4-14-16-7-10-20(3,24)19(16,2)9-6-17(14)21(15,12-22)11-8-18(13)23/h12-17,24H,4-11H2,1-3H3/t13-,14-,15-,16-,17-,19-,20-,21+/m0/s1. The first-order chi connectivity index (χ1) is 11.3. The van der Waals surface area contributed by atoms with E-state index in [-0.39, 0.29) is 22.7 Å². The number of Topliss-reactive ketones (excluding diaryl/α,β-unsaturated/α-hetero) is 1. The van der Waals surface area contributed by atoms with Gasteiger partial charge in [-0.1, -0.05) is 13.8 Å². The number of carbonyl (C=O) groups is 2. The molecule has 0 saturated heterocycles. The average molecular weight is 332 g/mol. The molecule has 0 bridgehead atoms. The fourth-order valence-corrected chi connectivity index (χ4v) is 7.63. The summed E-state index contributed by atoms with van der Waals surface area (Å²) in [4.78, 5) is 24.6. The highest BCUT2D eigenvalue weighted by molar-refractivity contribution is 5.84. The van der Waals surface area contributed by atoms with Gasteiger partial charge in [0.25, 0.3) is 0 Å². The second kappa shape index (κ2) is 5.16. The molecule has 4 saturated carbocycles. The smallest absolute Gasteiger partial charge is 0.136 e. The van der Waals surface area contributed by atoms with Crippen LogP contribution >= 0.6 is 0 Å². The van der Waals surface area contributed by atoms with E-state index in [1.54, 1.807) is 0 Å². The van der Waals surface area contributed by atoms with Crippen molar-refractivity contribution in [3.8, 4) is 0 Å². The predicted molar refractivity (Wildman–Crippen MR) is 92.3 cm³/mol. The Bertz CT molecular complexity index is 567. The lowest BCUT2D eigenvalue weighted by Gasteiger charge is -2.60. The summed E-state index contributed by atoms with van der Waals surface area (Å²) in [6.45, 7) is 6.36. The lowest BCUT2D eigenvalue weighted by Crippen LogP contribution is -2.59. The third kappa shape index (κ3) is 1.88. The molecule has 0 spiro atoms. The number of fused-ring (bicyclic) bond motifs is 5. The molecule has 0 amide bonds. The van der Waals surface area contributed by atoms with Crippen molar-refractivity contribution in [3.05, 3.63) is 0 Å². The van der Waals surface area contributed by atoms with E-state index < -0.39 is 5.60 Å². The third-order valence-electron chi connectivity index (χ3n) is 9.33. The zero-order valence-corrected chi connectivity index (χ0v) is 15.4. The van der Waals surface area contributed by atoms with Gasteiger partial charge < -0.3 is 9.90 Å². The van der Waals surface area contributed by atoms with Crippen LogP contribution < -0.4 is 0 Å². The first-order valence-electron chi connectivity index (χ1n) is 9.98. The normalized spacial score (nSPS) is 57.0. The van der Waals surface area contributed by atoms with Gasteiger partial charge in [-0.25, -0.2) is 0 Å². The largest absolute Gasteiger partial charge is 0.390 e. The first kappa shape index (κ1) is 16.8. The number of carbonyl (C=O) groups excluding carboxylic acids is 2. The van der Waals surface area contributed by atoms with Gasteiger partial charge in [-0.05, 0) is 81.0 Å². The van der Waals surface area contributed by atoms with Crippen LogP contribution in [-0.2, 0) is 9.59 Å². The minimum Gasteiger partial charge on any atom is -0.390 e. The van der Waals surface area contributed by atoms with E-state index in [9.17, 15) is 14.7 Å². The molecule has 4 aliphatic rings. The molecule has 134 valence electrons. The highest BCUT2D eigenvalue weighted by Crippen LogP contribution is 2.68. The molecule has 4 aliphatic carbocycles. The molecule has 4 fully saturated rings. The molecule has 4 rings (SSSR count). The van der Waals surface area contributed by atoms with Crippen LogP contribution in [-0.4, -0.2) is 22.8 Å². The Kier molecular flexibility index (Phi) is 3.60. The zero-order valence-electron chi connectivity index (χ0n) is 15.4. The SMILES string of the molecule is C[C@@H]1C(=O)CC[C@]2(C=O)[C@H]3CC[C@@]4(C)[C@@H](CC[C@]4(C)O)[C@@H]3CC[C@@H]12. The number of aliphatic hydroxyl groups is 1. The molecule has 3 heteroatoms. The summed E-state index contributed by atoms with van der Waals surface area (Å²) in [5, 5.41) is 11.0. The topological polar surface area (TPSA) is 54.4 Å². The number of aldehydes is 1. The Balaban J connectivity index is 1.70. The van der Waals surface area contributed by atoms with E-state index >= 15 is 0 Å². The lowest BCUT2D eigenvalue weighted by molar-refractivity contribution is -0.168. The molecule has 0 aliphatic heterocycles. The Morgan fingerprint density at radius 3 is 2.42 bits per heavy atom. The van der Waals surface area contributed by atoms with E-state index in [4.69, 9.17) is 0 Å². The van der Waals surface area contributed by atoms with Crippen molar-refractivity contribution in [2.45, 2.75) is 77.7 Å². The summed E-state index contributed by atoms with van der Waals surface area (Å²) < 4.78 is 0. The molecular formula is C21H32O3. The van der Waals surface area contributed by atoms with Crippen LogP contribution in [0.2, 0.25) is 0 Å². The Labute approximate surface area is 145 Å². The predicted octanol–water partition coefficient (Wildman–Crippen LogP) is 3.77. The summed E-state index contributed by atoms with van der Waals surface area (Å²) in [6.07, 6.45) is 8.82. The molecule has 0 radical (unpaired) electrons. The summed E-state index contributed by atoms with van der Waals surface area (Å²) in [6, 6.07) is 0. The van der Waals surface area contributed by atoms with E-state index in [1.807, 2.05) is 6.92 Å². The average Bonchev–Trinajstić information content (AvgIpc) is 2.80. The Morgan fingerprint density at radius 2 is 1.71 bits per heavy atom. The van der Waals surface area contributed by atoms with Gasteiger partial charge in [0, 0.05) is 17.8 Å². The van der Waals surface area contributed by atoms with Gasteiger partial charge in [-0.2, -0.15) is 0 Å². The highest BCUT2D eigenvalue weighted by atomic mass is 16.3. The highest BCUT2D eigenvalue weighted by Gasteiger charge is 2.65. The second-order valence-electron chi connectivity index (χ2n) is 9.81. The summed E-state index contributed by atoms with van der Waals surface area (Å²) in [7, 11) is 0. The maximum absolute atomic E-state index is 12.4. The van der Waals surface area contributed by atoms with Crippen molar-refractivity contribution >= 4 is 12.1 Å². The Hall–Kier alpha value is -0.700. The summed E-state index contributed by atoms with van der Waals surface area (Å²) >= 11 is 0. The second-order valence-corrected chi connectivity index (χ2v) is 9.81. The molecule has 0 heterocycles. The van der Waals surface area contributed by atoms with Crippen LogP contribution in [0.25, 0.3) is 0 Å². The van der Waals surface area contributed by atoms with Crippen molar-refractivity contribution < 1.29 is 14.7 Å². The van der Waals surface area contributed by atoms with Crippen molar-refractivity contribution in [1.29, 1.82) is 0 Å². The summed E-state index contributed by atoms with van der Waals surface area (Å²) in [5.41, 5.74) is -0.836. The van der Waals surface area contributed by atoms with Gasteiger partial charge in [0.15, 0.2) is 0 Å². The number of hydrogen-bond donors (Lipinski definition) is 1. The van der Waals surface area contributed by atoms with E-state index in [2.05, 4.69) is 13.8 Å². The minimum atomic E-state index is -0.566. The first-order valence-corrected chi connectivity index (χ1v) is 9.98. The number of hydrogen-bond acceptors (Lipinski definition) is 3. The van der Waals surface area contributed by atoms with Crippen LogP contribution in [0.5, 0.6) is 0 Å². The molecule has 0 aromatic rings. The third-order valence-corrected chi connectivity index (χ3v) is 9.33. The van der Waals surface area contributed by atoms with Gasteiger partial charge in [-0.15, -0.1) is 0 Å². The van der Waals surface area contributed by atoms with Crippen LogP contribution in [0.1, 0.15) is 72.1 Å². The molecule has 3 nitrogen and oxygen atoms in total. The molecule has 8 atom stereocenters. The maximum Gasteiger partial charge on any atom is 0.136 e. The van der Waals surface area contributed by atoms with Crippen molar-refractivity contribution in [3.63, 3.8) is 0 Å². The van der Waals surface area contributed by atoms with Crippen LogP contribution in [0.3, 0.4) is 0 Å². The number of ketones is 1. The van der Waals surface area contributed by atoms with Crippen LogP contribution in [0.15, 0.2) is 0 Å². The zero-order chi connectivity index (χ0) is 17.3. The van der Waals surface area contributed by atoms with E-state index in [0.717, 1.165) is 44.9 Å². The quantitative estimate of drug-likeness (QED) is 0.744. The fraction of sp³-hybridized carbons (Fsp3) is 0.905. The van der Waals surface area contributed by atoms with Gasteiger partial charge in [0.2, 0.25) is 0 Å². The van der Waals surface area contributed by atoms with E-state index in [1.165, 1.54) is 6.29 Å². The van der Waals surface area contributed by atoms with Gasteiger partial charge >= 0.3 is 0 Å². The fourth-order valence-electron chi connectivity index (χ4n) is 7.63. The molecule has 0 unspecified atom stereocenters. The van der Waals surface area contributed by atoms with Crippen molar-refractivity contribution in [2.75, 3.05) is 0 Å². The van der Waals surface area contributed by atoms with Gasteiger partial charge in [0.1, 0.15) is 12.1 Å². The van der Waals surface area contributed by atoms with Crippen LogP contribution in [0, 0.1) is 40.4 Å². The number of rotatable bonds is 1. The van der Waals surface area contributed by atoms with E-state index in [0.29, 0.717) is 30.0 Å². The molecule has 1 N–H and O–H groups in total. The molecular weight excluding hydrogens is 300 g/mol. The van der Waals surface area contributed by atoms with Gasteiger partial charge in [0.05, 0.1) is 5.60 Å². The van der Waals surface area contributed by atoms with Gasteiger partial charge in [-0.3, -0.25) is 4.79 Å². The molecule has 24 heavy (non-hydrogen) atoms. The maximum atomic E-state index is 12.4.